The fourth-order valence-corrected chi connectivity index (χ4v) is 5.51. The minimum Gasteiger partial charge on any atom is -0.297 e. The lowest BCUT2D eigenvalue weighted by Crippen LogP contribution is -2.54. The van der Waals surface area contributed by atoms with Crippen LogP contribution >= 0.6 is 0 Å². The van der Waals surface area contributed by atoms with E-state index >= 15 is 0 Å². The molecule has 0 amide bonds. The molecule has 0 N–H and O–H groups in total. The quantitative estimate of drug-likeness (QED) is 0.186. The predicted octanol–water partition coefficient (Wildman–Crippen LogP) is 9.48. The Morgan fingerprint density at radius 3 is 1.67 bits per heavy atom. The van der Waals surface area contributed by atoms with Gasteiger partial charge in [0.15, 0.2) is 5.78 Å². The zero-order valence-electron chi connectivity index (χ0n) is 22.7. The molecule has 4 heteroatoms. The lowest BCUT2D eigenvalue weighted by Gasteiger charge is -2.44. The Balaban J connectivity index is 3.10. The highest BCUT2D eigenvalue weighted by atomic mass is 19.3. The number of hydrogen-bond acceptors (Lipinski definition) is 2. The Morgan fingerprint density at radius 2 is 1.24 bits per heavy atom. The maximum Gasteiger partial charge on any atom is 0.270 e. The molecule has 2 nitrogen and oxygen atoms in total. The van der Waals surface area contributed by atoms with E-state index in [-0.39, 0.29) is 29.9 Å². The molecule has 0 aromatic carbocycles. The van der Waals surface area contributed by atoms with E-state index in [4.69, 9.17) is 0 Å². The van der Waals surface area contributed by atoms with Gasteiger partial charge in [0.1, 0.15) is 0 Å². The maximum atomic E-state index is 13.8. The van der Waals surface area contributed by atoms with Gasteiger partial charge < -0.3 is 0 Å². The molecule has 1 fully saturated rings. The largest absolute Gasteiger partial charge is 0.297 e. The smallest absolute Gasteiger partial charge is 0.270 e. The zero-order valence-corrected chi connectivity index (χ0v) is 22.7. The van der Waals surface area contributed by atoms with Crippen LogP contribution in [-0.2, 0) is 4.79 Å². The molecule has 0 bridgehead atoms. The normalized spacial score (nSPS) is 17.7. The molecule has 0 aromatic heterocycles. The summed E-state index contributed by atoms with van der Waals surface area (Å²) in [5.41, 5.74) is -0.481. The van der Waals surface area contributed by atoms with Crippen molar-refractivity contribution in [3.05, 3.63) is 11.7 Å². The number of rotatable bonds is 18. The number of Topliss-reactive ketones (excluding diaryl/α,β-unsaturated/α-hetero) is 1. The van der Waals surface area contributed by atoms with Crippen molar-refractivity contribution in [2.24, 2.45) is 5.41 Å². The van der Waals surface area contributed by atoms with E-state index in [1.807, 2.05) is 13.8 Å². The van der Waals surface area contributed by atoms with Crippen molar-refractivity contribution >= 4 is 5.78 Å². The molecule has 33 heavy (non-hydrogen) atoms. The van der Waals surface area contributed by atoms with Crippen LogP contribution in [0.25, 0.3) is 0 Å². The third-order valence-electron chi connectivity index (χ3n) is 7.90. The van der Waals surface area contributed by atoms with Crippen molar-refractivity contribution in [1.82, 2.24) is 4.90 Å². The van der Waals surface area contributed by atoms with Crippen LogP contribution in [0.2, 0.25) is 0 Å². The molecule has 1 atom stereocenters. The molecule has 0 spiro atoms. The van der Waals surface area contributed by atoms with Gasteiger partial charge >= 0.3 is 0 Å². The first kappa shape index (κ1) is 30.3. The number of nitrogens with zero attached hydrogens (tertiary/aromatic N) is 1. The van der Waals surface area contributed by atoms with Crippen LogP contribution in [0.1, 0.15) is 144 Å². The average molecular weight is 470 g/mol. The molecule has 1 rings (SSSR count). The molecule has 1 saturated heterocycles. The first-order chi connectivity index (χ1) is 15.6. The van der Waals surface area contributed by atoms with Gasteiger partial charge in [-0.05, 0) is 32.6 Å². The van der Waals surface area contributed by atoms with Crippen LogP contribution in [0.5, 0.6) is 0 Å². The van der Waals surface area contributed by atoms with E-state index in [1.54, 1.807) is 0 Å². The molecular formula is C29H53F2NO. The minimum absolute atomic E-state index is 0.170. The van der Waals surface area contributed by atoms with Gasteiger partial charge in [-0.25, -0.2) is 0 Å². The first-order valence-corrected chi connectivity index (χ1v) is 14.0. The van der Waals surface area contributed by atoms with Crippen molar-refractivity contribution in [3.8, 4) is 0 Å². The van der Waals surface area contributed by atoms with Crippen LogP contribution in [0.3, 0.4) is 0 Å². The summed E-state index contributed by atoms with van der Waals surface area (Å²) in [6.07, 6.45) is 15.3. The second-order valence-electron chi connectivity index (χ2n) is 11.4. The number of carbonyl (C=O) groups is 1. The van der Waals surface area contributed by atoms with Crippen LogP contribution in [-0.4, -0.2) is 28.8 Å². The van der Waals surface area contributed by atoms with E-state index in [0.717, 1.165) is 44.9 Å². The van der Waals surface area contributed by atoms with Crippen LogP contribution in [0, 0.1) is 5.41 Å². The van der Waals surface area contributed by atoms with Gasteiger partial charge in [-0.3, -0.25) is 9.69 Å². The van der Waals surface area contributed by atoms with E-state index in [1.165, 1.54) is 51.4 Å². The molecule has 0 unspecified atom stereocenters. The van der Waals surface area contributed by atoms with Gasteiger partial charge in [-0.2, -0.15) is 8.78 Å². The minimum atomic E-state index is -1.57. The summed E-state index contributed by atoms with van der Waals surface area (Å²) in [4.78, 5) is 16.0. The number of hydrogen-bond donors (Lipinski definition) is 0. The zero-order chi connectivity index (χ0) is 24.9. The SMILES string of the molecule is CCCCCCC(C)(C)C(=O)[C@@H]1CC(=C(F)F)CN1C(C)(CCCCCC)CCCCCC. The lowest BCUT2D eigenvalue weighted by atomic mass is 9.77. The predicted molar refractivity (Wildman–Crippen MR) is 138 cm³/mol. The maximum absolute atomic E-state index is 13.8. The summed E-state index contributed by atoms with van der Waals surface area (Å²) in [6, 6.07) is -0.412. The van der Waals surface area contributed by atoms with Gasteiger partial charge in [0.2, 0.25) is 0 Å². The highest BCUT2D eigenvalue weighted by Crippen LogP contribution is 2.41. The Hall–Kier alpha value is -0.770. The summed E-state index contributed by atoms with van der Waals surface area (Å²) in [5, 5.41) is 0. The summed E-state index contributed by atoms with van der Waals surface area (Å²) < 4.78 is 27.5. The van der Waals surface area contributed by atoms with Gasteiger partial charge in [0, 0.05) is 23.1 Å². The number of likely N-dealkylation sites (tertiary alicyclic amines) is 1. The highest BCUT2D eigenvalue weighted by Gasteiger charge is 2.47. The molecule has 1 aliphatic heterocycles. The Labute approximate surface area is 204 Å². The Kier molecular flexibility index (Phi) is 14.0. The summed E-state index contributed by atoms with van der Waals surface area (Å²) in [7, 11) is 0. The van der Waals surface area contributed by atoms with Gasteiger partial charge in [-0.15, -0.1) is 0 Å². The van der Waals surface area contributed by atoms with Crippen molar-refractivity contribution in [3.63, 3.8) is 0 Å². The summed E-state index contributed by atoms with van der Waals surface area (Å²) in [6.45, 7) is 13.2. The Morgan fingerprint density at radius 1 is 0.788 bits per heavy atom. The van der Waals surface area contributed by atoms with E-state index in [2.05, 4.69) is 32.6 Å². The lowest BCUT2D eigenvalue weighted by molar-refractivity contribution is -0.134. The highest BCUT2D eigenvalue weighted by molar-refractivity contribution is 5.90. The average Bonchev–Trinajstić information content (AvgIpc) is 3.23. The number of carbonyl (C=O) groups excluding carboxylic acids is 1. The van der Waals surface area contributed by atoms with Crippen molar-refractivity contribution < 1.29 is 13.6 Å². The molecule has 194 valence electrons. The van der Waals surface area contributed by atoms with Gasteiger partial charge in [0.25, 0.3) is 6.08 Å². The first-order valence-electron chi connectivity index (χ1n) is 14.0. The molecule has 0 saturated carbocycles. The topological polar surface area (TPSA) is 20.3 Å². The van der Waals surface area contributed by atoms with Gasteiger partial charge in [0.05, 0.1) is 6.04 Å². The molecule has 0 aliphatic carbocycles. The summed E-state index contributed by atoms with van der Waals surface area (Å²) >= 11 is 0. The van der Waals surface area contributed by atoms with Gasteiger partial charge in [-0.1, -0.05) is 112 Å². The fraction of sp³-hybridized carbons (Fsp3) is 0.897. The number of unbranched alkanes of at least 4 members (excludes halogenated alkanes) is 9. The molecular weight excluding hydrogens is 416 g/mol. The van der Waals surface area contributed by atoms with Crippen molar-refractivity contribution in [2.75, 3.05) is 6.54 Å². The van der Waals surface area contributed by atoms with E-state index < -0.39 is 17.5 Å². The van der Waals surface area contributed by atoms with E-state index in [9.17, 15) is 13.6 Å². The van der Waals surface area contributed by atoms with Crippen LogP contribution in [0.15, 0.2) is 11.7 Å². The molecule has 0 radical (unpaired) electrons. The molecule has 0 aromatic rings. The fourth-order valence-electron chi connectivity index (χ4n) is 5.51. The monoisotopic (exact) mass is 469 g/mol. The standard InChI is InChI=1S/C29H53F2NO/c1-7-10-13-16-19-28(4,5)26(33)25-22-24(27(30)31)23-32(25)29(6,20-17-14-11-8-2)21-18-15-12-9-3/h25H,7-23H2,1-6H3/t25-/m0/s1. The van der Waals surface area contributed by atoms with Crippen LogP contribution < -0.4 is 0 Å². The second-order valence-corrected chi connectivity index (χ2v) is 11.4. The second kappa shape index (κ2) is 15.3. The number of halogens is 2. The molecule has 1 heterocycles. The third-order valence-corrected chi connectivity index (χ3v) is 7.90. The number of ketones is 1. The molecule has 1 aliphatic rings. The summed E-state index contributed by atoms with van der Waals surface area (Å²) in [5.74, 6) is 0.170. The van der Waals surface area contributed by atoms with E-state index in [0.29, 0.717) is 0 Å². The third kappa shape index (κ3) is 9.78. The van der Waals surface area contributed by atoms with Crippen molar-refractivity contribution in [2.45, 2.75) is 156 Å². The Bertz CT molecular complexity index is 582. The van der Waals surface area contributed by atoms with Crippen molar-refractivity contribution in [1.29, 1.82) is 0 Å². The van der Waals surface area contributed by atoms with Crippen LogP contribution in [0.4, 0.5) is 8.78 Å².